The number of hydrogen-bond donors (Lipinski definition) is 3. The highest BCUT2D eigenvalue weighted by atomic mass is 35.5. The van der Waals surface area contributed by atoms with E-state index in [1.807, 2.05) is 0 Å². The monoisotopic (exact) mass is 386 g/mol. The van der Waals surface area contributed by atoms with Crippen LogP contribution in [0.3, 0.4) is 0 Å². The number of thiophene rings is 1. The summed E-state index contributed by atoms with van der Waals surface area (Å²) in [6.45, 7) is 0. The van der Waals surface area contributed by atoms with Gasteiger partial charge in [0.2, 0.25) is 10.0 Å². The first-order valence-corrected chi connectivity index (χ1v) is 9.80. The second kappa shape index (κ2) is 6.45. The Morgan fingerprint density at radius 1 is 1.33 bits per heavy atom. The van der Waals surface area contributed by atoms with Gasteiger partial charge in [-0.3, -0.25) is 4.79 Å². The summed E-state index contributed by atoms with van der Waals surface area (Å²) >= 11 is 6.83. The number of rotatable bonds is 4. The number of hydrogen-bond acceptors (Lipinski definition) is 5. The molecule has 0 radical (unpaired) electrons. The molecule has 128 valence electrons. The van der Waals surface area contributed by atoms with E-state index in [9.17, 15) is 18.3 Å². The number of aliphatic hydroxyl groups excluding tert-OH is 1. The maximum absolute atomic E-state index is 12.4. The topological polar surface area (TPSA) is 95.5 Å². The largest absolute Gasteiger partial charge is 0.390 e. The van der Waals surface area contributed by atoms with E-state index in [4.69, 9.17) is 11.6 Å². The summed E-state index contributed by atoms with van der Waals surface area (Å²) in [5.41, 5.74) is 1.71. The second-order valence-electron chi connectivity index (χ2n) is 5.39. The Hall–Kier alpha value is -1.45. The van der Waals surface area contributed by atoms with Gasteiger partial charge in [0.1, 0.15) is 4.21 Å². The minimum absolute atomic E-state index is 0.0642. The van der Waals surface area contributed by atoms with Gasteiger partial charge in [-0.15, -0.1) is 11.3 Å². The Morgan fingerprint density at radius 3 is 2.79 bits per heavy atom. The van der Waals surface area contributed by atoms with Gasteiger partial charge in [-0.2, -0.15) is 0 Å². The third-order valence-electron chi connectivity index (χ3n) is 3.88. The maximum Gasteiger partial charge on any atom is 0.261 e. The lowest BCUT2D eigenvalue weighted by Gasteiger charge is -2.17. The van der Waals surface area contributed by atoms with Gasteiger partial charge in [-0.05, 0) is 42.4 Å². The van der Waals surface area contributed by atoms with Crippen molar-refractivity contribution in [2.75, 3.05) is 7.05 Å². The molecule has 6 nitrogen and oxygen atoms in total. The fraction of sp³-hybridized carbons (Fsp3) is 0.267. The molecular weight excluding hydrogens is 372 g/mol. The first-order valence-electron chi connectivity index (χ1n) is 7.12. The van der Waals surface area contributed by atoms with Crippen LogP contribution in [0.1, 0.15) is 26.8 Å². The number of amides is 1. The zero-order valence-electron chi connectivity index (χ0n) is 12.6. The van der Waals surface area contributed by atoms with Crippen molar-refractivity contribution in [2.24, 2.45) is 0 Å². The van der Waals surface area contributed by atoms with Crippen molar-refractivity contribution in [3.05, 3.63) is 51.4 Å². The molecule has 2 atom stereocenters. The molecule has 1 aliphatic carbocycles. The first kappa shape index (κ1) is 17.4. The van der Waals surface area contributed by atoms with Crippen molar-refractivity contribution in [1.82, 2.24) is 10.0 Å². The lowest BCUT2D eigenvalue weighted by Crippen LogP contribution is -2.33. The number of halogens is 1. The van der Waals surface area contributed by atoms with E-state index < -0.39 is 28.1 Å². The number of carbonyl (C=O) groups excluding carboxylic acids is 1. The first-order chi connectivity index (χ1) is 11.3. The molecule has 1 aromatic carbocycles. The van der Waals surface area contributed by atoms with Crippen molar-refractivity contribution in [3.8, 4) is 0 Å². The fourth-order valence-electron chi connectivity index (χ4n) is 2.68. The smallest absolute Gasteiger partial charge is 0.261 e. The maximum atomic E-state index is 12.4. The van der Waals surface area contributed by atoms with E-state index in [0.717, 1.165) is 22.5 Å². The Labute approximate surface area is 148 Å². The number of carbonyl (C=O) groups is 1. The molecule has 0 saturated carbocycles. The molecule has 0 spiro atoms. The van der Waals surface area contributed by atoms with E-state index in [2.05, 4.69) is 10.0 Å². The Bertz CT molecular complexity index is 895. The van der Waals surface area contributed by atoms with Gasteiger partial charge in [-0.1, -0.05) is 17.7 Å². The third kappa shape index (κ3) is 3.20. The van der Waals surface area contributed by atoms with Gasteiger partial charge in [0, 0.05) is 11.4 Å². The predicted molar refractivity (Wildman–Crippen MR) is 91.9 cm³/mol. The van der Waals surface area contributed by atoms with Gasteiger partial charge in [0.25, 0.3) is 5.91 Å². The lowest BCUT2D eigenvalue weighted by atomic mass is 10.1. The highest BCUT2D eigenvalue weighted by Crippen LogP contribution is 2.34. The molecule has 0 bridgehead atoms. The molecule has 0 aliphatic heterocycles. The highest BCUT2D eigenvalue weighted by molar-refractivity contribution is 7.91. The Balaban J connectivity index is 1.81. The van der Waals surface area contributed by atoms with Gasteiger partial charge >= 0.3 is 0 Å². The fourth-order valence-corrected chi connectivity index (χ4v) is 4.92. The van der Waals surface area contributed by atoms with Crippen LogP contribution in [-0.4, -0.2) is 32.6 Å². The van der Waals surface area contributed by atoms with Crippen molar-refractivity contribution < 1.29 is 18.3 Å². The lowest BCUT2D eigenvalue weighted by molar-refractivity contribution is 0.0862. The van der Waals surface area contributed by atoms with Crippen LogP contribution in [0.25, 0.3) is 0 Å². The number of benzene rings is 1. The van der Waals surface area contributed by atoms with Gasteiger partial charge in [-0.25, -0.2) is 13.1 Å². The molecule has 9 heteroatoms. The van der Waals surface area contributed by atoms with Crippen LogP contribution in [-0.2, 0) is 16.4 Å². The summed E-state index contributed by atoms with van der Waals surface area (Å²) in [7, 11) is -2.27. The number of sulfonamides is 1. The van der Waals surface area contributed by atoms with E-state index in [-0.39, 0.29) is 9.09 Å². The van der Waals surface area contributed by atoms with Crippen molar-refractivity contribution in [3.63, 3.8) is 0 Å². The van der Waals surface area contributed by atoms with Crippen LogP contribution in [0.15, 0.2) is 34.5 Å². The normalized spacial score (nSPS) is 20.0. The van der Waals surface area contributed by atoms with Crippen molar-refractivity contribution in [1.29, 1.82) is 0 Å². The summed E-state index contributed by atoms with van der Waals surface area (Å²) in [5.74, 6) is -0.426. The van der Waals surface area contributed by atoms with E-state index in [1.54, 1.807) is 18.2 Å². The molecule has 2 aromatic rings. The van der Waals surface area contributed by atoms with E-state index in [0.29, 0.717) is 11.4 Å². The quantitative estimate of drug-likeness (QED) is 0.745. The Kier molecular flexibility index (Phi) is 4.67. The number of aliphatic hydroxyl groups is 1. The molecule has 1 aliphatic rings. The average Bonchev–Trinajstić information content (AvgIpc) is 3.13. The van der Waals surface area contributed by atoms with E-state index in [1.165, 1.54) is 19.2 Å². The minimum Gasteiger partial charge on any atom is -0.390 e. The van der Waals surface area contributed by atoms with Crippen LogP contribution in [0, 0.1) is 0 Å². The van der Waals surface area contributed by atoms with Gasteiger partial charge < -0.3 is 10.4 Å². The zero-order valence-corrected chi connectivity index (χ0v) is 15.0. The van der Waals surface area contributed by atoms with Crippen LogP contribution >= 0.6 is 22.9 Å². The number of fused-ring (bicyclic) bond motifs is 1. The molecule has 0 fully saturated rings. The molecule has 0 saturated heterocycles. The second-order valence-corrected chi connectivity index (χ2v) is 9.03. The van der Waals surface area contributed by atoms with Crippen LogP contribution in [0.4, 0.5) is 0 Å². The van der Waals surface area contributed by atoms with Crippen LogP contribution < -0.4 is 10.0 Å². The molecule has 3 N–H and O–H groups in total. The predicted octanol–water partition coefficient (Wildman–Crippen LogP) is 1.70. The zero-order chi connectivity index (χ0) is 17.5. The van der Waals surface area contributed by atoms with Gasteiger partial charge in [0.15, 0.2) is 0 Å². The summed E-state index contributed by atoms with van der Waals surface area (Å²) in [5, 5.41) is 13.6. The molecule has 3 rings (SSSR count). The molecule has 1 heterocycles. The third-order valence-corrected chi connectivity index (χ3v) is 7.10. The molecule has 1 aromatic heterocycles. The average molecular weight is 387 g/mol. The van der Waals surface area contributed by atoms with Crippen molar-refractivity contribution >= 4 is 38.9 Å². The van der Waals surface area contributed by atoms with Crippen LogP contribution in [0.2, 0.25) is 5.02 Å². The highest BCUT2D eigenvalue weighted by Gasteiger charge is 2.33. The number of nitrogens with one attached hydrogen (secondary N) is 2. The summed E-state index contributed by atoms with van der Waals surface area (Å²) in [6.07, 6.45) is -0.340. The minimum atomic E-state index is -3.58. The summed E-state index contributed by atoms with van der Waals surface area (Å²) in [6, 6.07) is 7.55. The standard InChI is InChI=1S/C15H15ClN2O4S2/c1-17-24(21,22)13-5-4-12(23-13)15(20)18-14-10-3-2-9(16)6-8(10)7-11(14)19/h2-6,11,14,17,19H,7H2,1H3,(H,18,20)/t11-,14+/m0/s1. The molecule has 1 amide bonds. The molecular formula is C15H15ClN2O4S2. The summed E-state index contributed by atoms with van der Waals surface area (Å²) < 4.78 is 25.8. The van der Waals surface area contributed by atoms with E-state index >= 15 is 0 Å². The summed E-state index contributed by atoms with van der Waals surface area (Å²) in [4.78, 5) is 12.7. The molecule has 0 unspecified atom stereocenters. The van der Waals surface area contributed by atoms with Gasteiger partial charge in [0.05, 0.1) is 17.0 Å². The Morgan fingerprint density at radius 2 is 2.08 bits per heavy atom. The van der Waals surface area contributed by atoms with Crippen LogP contribution in [0.5, 0.6) is 0 Å². The molecule has 24 heavy (non-hydrogen) atoms. The SMILES string of the molecule is CNS(=O)(=O)c1ccc(C(=O)N[C@@H]2c3ccc(Cl)cc3C[C@@H]2O)s1. The van der Waals surface area contributed by atoms with Crippen molar-refractivity contribution in [2.45, 2.75) is 22.8 Å².